The third kappa shape index (κ3) is 6.20. The molecule has 0 saturated heterocycles. The van der Waals surface area contributed by atoms with E-state index in [0.29, 0.717) is 24.6 Å². The molecule has 1 saturated carbocycles. The number of hydrogen-bond donors (Lipinski definition) is 2. The number of ether oxygens (including phenoxy) is 1. The fourth-order valence-corrected chi connectivity index (χ4v) is 2.81. The molecular weight excluding hydrogens is 318 g/mol. The van der Waals surface area contributed by atoms with Crippen LogP contribution in [0.1, 0.15) is 39.1 Å². The summed E-state index contributed by atoms with van der Waals surface area (Å²) in [5, 5.41) is 8.65. The van der Waals surface area contributed by atoms with Crippen LogP contribution in [-0.4, -0.2) is 23.6 Å². The normalized spacial score (nSPS) is 20.4. The second kappa shape index (κ2) is 9.53. The zero-order chi connectivity index (χ0) is 15.9. The maximum Gasteiger partial charge on any atom is 0.314 e. The first kappa shape index (κ1) is 19.5. The molecule has 1 aliphatic rings. The number of aliphatic carboxylic acids is 1. The van der Waals surface area contributed by atoms with Crippen LogP contribution >= 0.6 is 12.4 Å². The van der Waals surface area contributed by atoms with Gasteiger partial charge in [0.25, 0.3) is 0 Å². The monoisotopic (exact) mass is 343 g/mol. The van der Waals surface area contributed by atoms with E-state index in [4.69, 9.17) is 15.6 Å². The van der Waals surface area contributed by atoms with Crippen molar-refractivity contribution >= 4 is 24.3 Å². The molecule has 1 fully saturated rings. The summed E-state index contributed by atoms with van der Waals surface area (Å²) in [7, 11) is 0. The summed E-state index contributed by atoms with van der Waals surface area (Å²) < 4.78 is 5.42. The fourth-order valence-electron chi connectivity index (χ4n) is 2.81. The van der Waals surface area contributed by atoms with E-state index in [1.54, 1.807) is 24.3 Å². The van der Waals surface area contributed by atoms with Crippen LogP contribution < -0.4 is 10.5 Å². The van der Waals surface area contributed by atoms with Gasteiger partial charge in [0.15, 0.2) is 0 Å². The van der Waals surface area contributed by atoms with Crippen LogP contribution in [-0.2, 0) is 16.0 Å². The molecule has 0 unspecified atom stereocenters. The van der Waals surface area contributed by atoms with Crippen LogP contribution in [0.2, 0.25) is 0 Å². The van der Waals surface area contributed by atoms with Gasteiger partial charge in [0.05, 0.1) is 5.92 Å². The van der Waals surface area contributed by atoms with Crippen molar-refractivity contribution in [3.8, 4) is 5.75 Å². The highest BCUT2D eigenvalue weighted by Gasteiger charge is 2.27. The summed E-state index contributed by atoms with van der Waals surface area (Å²) in [5.41, 5.74) is 6.57. The SMILES string of the molecule is Cl.NCC1CCC(C(=O)Oc2ccc(CCC(=O)O)cc2)CC1.[HH]. The highest BCUT2D eigenvalue weighted by atomic mass is 35.5. The maximum atomic E-state index is 12.1. The van der Waals surface area contributed by atoms with Crippen molar-refractivity contribution in [2.75, 3.05) is 6.54 Å². The van der Waals surface area contributed by atoms with Crippen molar-refractivity contribution in [1.29, 1.82) is 0 Å². The standard InChI is InChI=1S/C17H23NO4.ClH.H2/c18-11-13-1-6-14(7-2-13)17(21)22-15-8-3-12(4-9-15)5-10-16(19)20;;/h3-4,8-9,13-14H,1-2,5-7,10-11,18H2,(H,19,20);2*1H. The second-order valence-corrected chi connectivity index (χ2v) is 5.91. The molecule has 0 bridgehead atoms. The minimum absolute atomic E-state index is 0. The molecule has 6 heteroatoms. The molecule has 23 heavy (non-hydrogen) atoms. The van der Waals surface area contributed by atoms with Gasteiger partial charge in [-0.3, -0.25) is 9.59 Å². The van der Waals surface area contributed by atoms with Crippen LogP contribution in [0.5, 0.6) is 5.75 Å². The number of esters is 1. The van der Waals surface area contributed by atoms with E-state index < -0.39 is 5.97 Å². The minimum Gasteiger partial charge on any atom is -0.481 e. The molecule has 2 rings (SSSR count). The summed E-state index contributed by atoms with van der Waals surface area (Å²) in [4.78, 5) is 22.7. The number of benzene rings is 1. The molecule has 0 aromatic heterocycles. The summed E-state index contributed by atoms with van der Waals surface area (Å²) in [5.74, 6) is 0.0365. The van der Waals surface area contributed by atoms with E-state index in [0.717, 1.165) is 31.2 Å². The van der Waals surface area contributed by atoms with Gasteiger partial charge in [0, 0.05) is 7.85 Å². The Morgan fingerprint density at radius 2 is 1.78 bits per heavy atom. The predicted octanol–water partition coefficient (Wildman–Crippen LogP) is 3.04. The quantitative estimate of drug-likeness (QED) is 0.612. The number of hydrogen-bond acceptors (Lipinski definition) is 4. The smallest absolute Gasteiger partial charge is 0.314 e. The molecule has 0 amide bonds. The summed E-state index contributed by atoms with van der Waals surface area (Å²) in [6, 6.07) is 7.05. The molecular formula is C17H26ClNO4. The number of rotatable bonds is 6. The van der Waals surface area contributed by atoms with E-state index in [-0.39, 0.29) is 32.1 Å². The van der Waals surface area contributed by atoms with Crippen molar-refractivity contribution in [1.82, 2.24) is 0 Å². The van der Waals surface area contributed by atoms with Crippen LogP contribution in [0.4, 0.5) is 0 Å². The van der Waals surface area contributed by atoms with Gasteiger partial charge < -0.3 is 15.6 Å². The molecule has 1 aromatic rings. The Morgan fingerprint density at radius 3 is 2.30 bits per heavy atom. The predicted molar refractivity (Wildman–Crippen MR) is 91.9 cm³/mol. The fraction of sp³-hybridized carbons (Fsp3) is 0.529. The minimum atomic E-state index is -0.816. The number of halogens is 1. The number of carboxylic acids is 1. The van der Waals surface area contributed by atoms with Crippen LogP contribution in [0, 0.1) is 11.8 Å². The van der Waals surface area contributed by atoms with Gasteiger partial charge in [0.2, 0.25) is 0 Å². The third-order valence-corrected chi connectivity index (χ3v) is 4.28. The van der Waals surface area contributed by atoms with Crippen LogP contribution in [0.15, 0.2) is 24.3 Å². The molecule has 0 heterocycles. The lowest BCUT2D eigenvalue weighted by Crippen LogP contribution is -2.28. The first-order chi connectivity index (χ1) is 10.6. The Hall–Kier alpha value is -1.59. The first-order valence-electron chi connectivity index (χ1n) is 7.81. The molecule has 0 radical (unpaired) electrons. The van der Waals surface area contributed by atoms with Gasteiger partial charge in [-0.2, -0.15) is 0 Å². The molecule has 130 valence electrons. The largest absolute Gasteiger partial charge is 0.481 e. The van der Waals surface area contributed by atoms with Gasteiger partial charge in [-0.25, -0.2) is 0 Å². The number of nitrogens with two attached hydrogens (primary N) is 1. The number of carbonyl (C=O) groups excluding carboxylic acids is 1. The highest BCUT2D eigenvalue weighted by Crippen LogP contribution is 2.29. The van der Waals surface area contributed by atoms with Crippen molar-refractivity contribution in [2.24, 2.45) is 17.6 Å². The summed E-state index contributed by atoms with van der Waals surface area (Å²) >= 11 is 0. The van der Waals surface area contributed by atoms with Crippen molar-refractivity contribution < 1.29 is 20.9 Å². The Morgan fingerprint density at radius 1 is 1.17 bits per heavy atom. The summed E-state index contributed by atoms with van der Waals surface area (Å²) in [6.07, 6.45) is 4.25. The van der Waals surface area contributed by atoms with Crippen molar-refractivity contribution in [3.63, 3.8) is 0 Å². The molecule has 5 nitrogen and oxygen atoms in total. The van der Waals surface area contributed by atoms with Crippen molar-refractivity contribution in [3.05, 3.63) is 29.8 Å². The lowest BCUT2D eigenvalue weighted by Gasteiger charge is -2.26. The Balaban J connectivity index is 0.00000264. The topological polar surface area (TPSA) is 89.6 Å². The second-order valence-electron chi connectivity index (χ2n) is 5.91. The molecule has 0 spiro atoms. The van der Waals surface area contributed by atoms with Crippen molar-refractivity contribution in [2.45, 2.75) is 38.5 Å². The maximum absolute atomic E-state index is 12.1. The highest BCUT2D eigenvalue weighted by molar-refractivity contribution is 5.85. The van der Waals surface area contributed by atoms with Gasteiger partial charge in [-0.15, -0.1) is 12.4 Å². The van der Waals surface area contributed by atoms with Gasteiger partial charge in [0.1, 0.15) is 5.75 Å². The average Bonchev–Trinajstić information content (AvgIpc) is 2.54. The average molecular weight is 344 g/mol. The van der Waals surface area contributed by atoms with E-state index >= 15 is 0 Å². The van der Waals surface area contributed by atoms with E-state index in [1.807, 2.05) is 0 Å². The molecule has 0 atom stereocenters. The Labute approximate surface area is 144 Å². The van der Waals surface area contributed by atoms with Gasteiger partial charge >= 0.3 is 11.9 Å². The molecule has 1 aromatic carbocycles. The van der Waals surface area contributed by atoms with Crippen LogP contribution in [0.25, 0.3) is 0 Å². The molecule has 3 N–H and O–H groups in total. The van der Waals surface area contributed by atoms with E-state index in [1.165, 1.54) is 0 Å². The van der Waals surface area contributed by atoms with E-state index in [9.17, 15) is 9.59 Å². The van der Waals surface area contributed by atoms with E-state index in [2.05, 4.69) is 0 Å². The number of carboxylic acid groups (broad SMARTS) is 1. The van der Waals surface area contributed by atoms with Crippen LogP contribution in [0.3, 0.4) is 0 Å². The lowest BCUT2D eigenvalue weighted by molar-refractivity contribution is -0.140. The number of carbonyl (C=O) groups is 2. The lowest BCUT2D eigenvalue weighted by atomic mass is 9.82. The summed E-state index contributed by atoms with van der Waals surface area (Å²) in [6.45, 7) is 0.694. The first-order valence-corrected chi connectivity index (χ1v) is 7.81. The zero-order valence-electron chi connectivity index (χ0n) is 13.1. The zero-order valence-corrected chi connectivity index (χ0v) is 13.9. The van der Waals surface area contributed by atoms with Gasteiger partial charge in [-0.05, 0) is 62.3 Å². The molecule has 0 aliphatic heterocycles. The van der Waals surface area contributed by atoms with Gasteiger partial charge in [-0.1, -0.05) is 12.1 Å². The third-order valence-electron chi connectivity index (χ3n) is 4.28. The number of aryl methyl sites for hydroxylation is 1. The Kier molecular flexibility index (Phi) is 8.06. The Bertz CT molecular complexity index is 516. The molecule has 1 aliphatic carbocycles.